The first-order valence-electron chi connectivity index (χ1n) is 9.94. The standard InChI is InChI=1S/C22H25N3O2/c23-19-9-8-15-11-24(13-18(15)19)22(27)16-10-21(26)25(12-16)20-7-3-5-14-4-1-2-6-17(14)20/h1-7,15-16,18-19H,8-13,23H2. The van der Waals surface area contributed by atoms with Crippen LogP contribution in [0.25, 0.3) is 10.8 Å². The maximum Gasteiger partial charge on any atom is 0.228 e. The number of amides is 2. The molecule has 1 saturated carbocycles. The van der Waals surface area contributed by atoms with Gasteiger partial charge in [-0.3, -0.25) is 9.59 Å². The lowest BCUT2D eigenvalue weighted by atomic mass is 9.98. The van der Waals surface area contributed by atoms with Crippen LogP contribution in [0.4, 0.5) is 5.69 Å². The molecule has 0 radical (unpaired) electrons. The molecule has 4 unspecified atom stereocenters. The minimum Gasteiger partial charge on any atom is -0.342 e. The van der Waals surface area contributed by atoms with E-state index in [4.69, 9.17) is 5.73 Å². The monoisotopic (exact) mass is 363 g/mol. The van der Waals surface area contributed by atoms with Gasteiger partial charge in [0.1, 0.15) is 0 Å². The minimum atomic E-state index is -0.244. The summed E-state index contributed by atoms with van der Waals surface area (Å²) in [5.41, 5.74) is 7.12. The van der Waals surface area contributed by atoms with Crippen molar-refractivity contribution in [2.45, 2.75) is 25.3 Å². The van der Waals surface area contributed by atoms with Gasteiger partial charge >= 0.3 is 0 Å². The molecule has 2 N–H and O–H groups in total. The third-order valence-electron chi connectivity index (χ3n) is 6.76. The maximum absolute atomic E-state index is 13.1. The molecule has 0 bridgehead atoms. The Bertz CT molecular complexity index is 906. The van der Waals surface area contributed by atoms with E-state index in [1.165, 1.54) is 0 Å². The summed E-state index contributed by atoms with van der Waals surface area (Å²) in [6.45, 7) is 2.06. The molecule has 27 heavy (non-hydrogen) atoms. The van der Waals surface area contributed by atoms with Gasteiger partial charge in [0.2, 0.25) is 11.8 Å². The molecule has 2 aromatic rings. The fourth-order valence-electron chi connectivity index (χ4n) is 5.30. The van der Waals surface area contributed by atoms with E-state index >= 15 is 0 Å². The Morgan fingerprint density at radius 1 is 1.00 bits per heavy atom. The molecule has 2 amide bonds. The van der Waals surface area contributed by atoms with Crippen molar-refractivity contribution in [3.63, 3.8) is 0 Å². The van der Waals surface area contributed by atoms with Crippen LogP contribution in [0.15, 0.2) is 42.5 Å². The summed E-state index contributed by atoms with van der Waals surface area (Å²) >= 11 is 0. The zero-order valence-electron chi connectivity index (χ0n) is 15.4. The number of anilines is 1. The van der Waals surface area contributed by atoms with Gasteiger partial charge in [-0.25, -0.2) is 0 Å². The van der Waals surface area contributed by atoms with Crippen molar-refractivity contribution in [2.75, 3.05) is 24.5 Å². The number of carbonyl (C=O) groups is 2. The number of fused-ring (bicyclic) bond motifs is 2. The van der Waals surface area contributed by atoms with Gasteiger partial charge in [-0.2, -0.15) is 0 Å². The highest BCUT2D eigenvalue weighted by atomic mass is 16.2. The zero-order chi connectivity index (χ0) is 18.5. The average molecular weight is 363 g/mol. The van der Waals surface area contributed by atoms with E-state index in [2.05, 4.69) is 0 Å². The Labute approximate surface area is 159 Å². The summed E-state index contributed by atoms with van der Waals surface area (Å²) in [4.78, 5) is 29.6. The molecule has 2 aromatic carbocycles. The number of likely N-dealkylation sites (tertiary alicyclic amines) is 1. The third kappa shape index (κ3) is 2.72. The zero-order valence-corrected chi connectivity index (χ0v) is 15.4. The largest absolute Gasteiger partial charge is 0.342 e. The number of benzene rings is 2. The number of nitrogens with two attached hydrogens (primary N) is 1. The highest BCUT2D eigenvalue weighted by Gasteiger charge is 2.45. The molecule has 5 nitrogen and oxygen atoms in total. The number of rotatable bonds is 2. The van der Waals surface area contributed by atoms with Crippen molar-refractivity contribution >= 4 is 28.3 Å². The summed E-state index contributed by atoms with van der Waals surface area (Å²) in [5.74, 6) is 0.926. The lowest BCUT2D eigenvalue weighted by molar-refractivity contribution is -0.135. The van der Waals surface area contributed by atoms with Crippen molar-refractivity contribution in [3.8, 4) is 0 Å². The SMILES string of the molecule is NC1CCC2CN(C(=O)C3CC(=O)N(c4cccc5ccccc45)C3)CC12. The molecule has 1 aliphatic carbocycles. The summed E-state index contributed by atoms with van der Waals surface area (Å²) in [7, 11) is 0. The maximum atomic E-state index is 13.1. The van der Waals surface area contributed by atoms with Crippen LogP contribution in [0.5, 0.6) is 0 Å². The molecule has 3 fully saturated rings. The number of hydrogen-bond donors (Lipinski definition) is 1. The Kier molecular flexibility index (Phi) is 3.93. The highest BCUT2D eigenvalue weighted by Crippen LogP contribution is 2.39. The van der Waals surface area contributed by atoms with Crippen LogP contribution in [0.3, 0.4) is 0 Å². The van der Waals surface area contributed by atoms with Gasteiger partial charge in [0.25, 0.3) is 0 Å². The van der Waals surface area contributed by atoms with Gasteiger partial charge in [-0.15, -0.1) is 0 Å². The Balaban J connectivity index is 1.35. The first-order chi connectivity index (χ1) is 13.1. The van der Waals surface area contributed by atoms with E-state index in [0.717, 1.165) is 42.4 Å². The van der Waals surface area contributed by atoms with Crippen molar-refractivity contribution < 1.29 is 9.59 Å². The molecule has 0 spiro atoms. The van der Waals surface area contributed by atoms with E-state index in [1.807, 2.05) is 47.4 Å². The minimum absolute atomic E-state index is 0.0424. The van der Waals surface area contributed by atoms with Crippen LogP contribution < -0.4 is 10.6 Å². The van der Waals surface area contributed by atoms with Crippen LogP contribution in [0, 0.1) is 17.8 Å². The quantitative estimate of drug-likeness (QED) is 0.891. The van der Waals surface area contributed by atoms with E-state index in [-0.39, 0.29) is 23.8 Å². The molecule has 5 rings (SSSR count). The van der Waals surface area contributed by atoms with E-state index in [9.17, 15) is 9.59 Å². The number of hydrogen-bond acceptors (Lipinski definition) is 3. The van der Waals surface area contributed by atoms with Gasteiger partial charge in [0.05, 0.1) is 11.6 Å². The van der Waals surface area contributed by atoms with E-state index < -0.39 is 0 Å². The normalized spacial score (nSPS) is 30.3. The second-order valence-electron chi connectivity index (χ2n) is 8.31. The van der Waals surface area contributed by atoms with Gasteiger partial charge in [-0.05, 0) is 36.1 Å². The fourth-order valence-corrected chi connectivity index (χ4v) is 5.30. The summed E-state index contributed by atoms with van der Waals surface area (Å²) in [6.07, 6.45) is 2.51. The van der Waals surface area contributed by atoms with Gasteiger partial charge in [0, 0.05) is 37.5 Å². The average Bonchev–Trinajstić information content (AvgIpc) is 3.37. The molecule has 2 aliphatic heterocycles. The van der Waals surface area contributed by atoms with Crippen LogP contribution in [0.1, 0.15) is 19.3 Å². The van der Waals surface area contributed by atoms with E-state index in [0.29, 0.717) is 24.8 Å². The summed E-state index contributed by atoms with van der Waals surface area (Å²) < 4.78 is 0. The van der Waals surface area contributed by atoms with Gasteiger partial charge < -0.3 is 15.5 Å². The Hall–Kier alpha value is -2.40. The van der Waals surface area contributed by atoms with Crippen molar-refractivity contribution in [1.29, 1.82) is 0 Å². The molecule has 2 heterocycles. The molecule has 2 saturated heterocycles. The van der Waals surface area contributed by atoms with E-state index in [1.54, 1.807) is 4.90 Å². The molecule has 5 heteroatoms. The second kappa shape index (κ2) is 6.34. The highest BCUT2D eigenvalue weighted by molar-refractivity contribution is 6.07. The first-order valence-corrected chi connectivity index (χ1v) is 9.94. The predicted octanol–water partition coefficient (Wildman–Crippen LogP) is 2.39. The van der Waals surface area contributed by atoms with Gasteiger partial charge in [-0.1, -0.05) is 36.4 Å². The summed E-state index contributed by atoms with van der Waals surface area (Å²) in [6, 6.07) is 14.3. The Morgan fingerprint density at radius 2 is 1.81 bits per heavy atom. The lowest BCUT2D eigenvalue weighted by Crippen LogP contribution is -2.38. The van der Waals surface area contributed by atoms with Crippen LogP contribution in [-0.2, 0) is 9.59 Å². The van der Waals surface area contributed by atoms with Crippen LogP contribution in [0.2, 0.25) is 0 Å². The molecule has 3 aliphatic rings. The fraction of sp³-hybridized carbons (Fsp3) is 0.455. The van der Waals surface area contributed by atoms with Crippen LogP contribution >= 0.6 is 0 Å². The molecular weight excluding hydrogens is 338 g/mol. The second-order valence-corrected chi connectivity index (χ2v) is 8.31. The Morgan fingerprint density at radius 3 is 2.67 bits per heavy atom. The molecule has 140 valence electrons. The molecule has 0 aromatic heterocycles. The van der Waals surface area contributed by atoms with Crippen molar-refractivity contribution in [1.82, 2.24) is 4.90 Å². The molecular formula is C22H25N3O2. The topological polar surface area (TPSA) is 66.6 Å². The number of carbonyl (C=O) groups excluding carboxylic acids is 2. The first kappa shape index (κ1) is 16.8. The summed E-state index contributed by atoms with van der Waals surface area (Å²) in [5, 5.41) is 2.17. The van der Waals surface area contributed by atoms with Crippen molar-refractivity contribution in [2.24, 2.45) is 23.5 Å². The third-order valence-corrected chi connectivity index (χ3v) is 6.76. The van der Waals surface area contributed by atoms with Crippen molar-refractivity contribution in [3.05, 3.63) is 42.5 Å². The molecule has 4 atom stereocenters. The number of nitrogens with zero attached hydrogens (tertiary/aromatic N) is 2. The van der Waals surface area contributed by atoms with Crippen LogP contribution in [-0.4, -0.2) is 42.4 Å². The lowest BCUT2D eigenvalue weighted by Gasteiger charge is -2.23. The van der Waals surface area contributed by atoms with Gasteiger partial charge in [0.15, 0.2) is 0 Å². The smallest absolute Gasteiger partial charge is 0.228 e. The predicted molar refractivity (Wildman–Crippen MR) is 105 cm³/mol.